The summed E-state index contributed by atoms with van der Waals surface area (Å²) in [4.78, 5) is 11.2. The number of rotatable bonds is 2. The average molecular weight is 195 g/mol. The molecule has 0 amide bonds. The van der Waals surface area contributed by atoms with Gasteiger partial charge < -0.3 is 15.6 Å². The van der Waals surface area contributed by atoms with Crippen molar-refractivity contribution in [3.63, 3.8) is 0 Å². The van der Waals surface area contributed by atoms with Crippen LogP contribution < -0.4 is 5.73 Å². The number of anilines is 1. The molecule has 0 saturated heterocycles. The van der Waals surface area contributed by atoms with Crippen LogP contribution in [0, 0.1) is 0 Å². The van der Waals surface area contributed by atoms with Gasteiger partial charge in [-0.2, -0.15) is 0 Å². The molecule has 0 aliphatic heterocycles. The highest BCUT2D eigenvalue weighted by atomic mass is 16.5. The summed E-state index contributed by atoms with van der Waals surface area (Å²) in [6.45, 7) is 1.92. The number of phenolic OH excluding ortho intramolecular Hbond substituents is 1. The fourth-order valence-electron chi connectivity index (χ4n) is 1.23. The number of aromatic hydroxyl groups is 1. The molecule has 0 atom stereocenters. The highest BCUT2D eigenvalue weighted by Gasteiger charge is 2.13. The Hall–Kier alpha value is -1.71. The number of ether oxygens (including phenoxy) is 1. The van der Waals surface area contributed by atoms with E-state index in [0.29, 0.717) is 12.1 Å². The van der Waals surface area contributed by atoms with Gasteiger partial charge in [0.25, 0.3) is 0 Å². The summed E-state index contributed by atoms with van der Waals surface area (Å²) in [6.07, 6.45) is 0.704. The van der Waals surface area contributed by atoms with E-state index >= 15 is 0 Å². The molecule has 0 radical (unpaired) electrons. The van der Waals surface area contributed by atoms with Gasteiger partial charge in [-0.25, -0.2) is 4.79 Å². The van der Waals surface area contributed by atoms with Crippen LogP contribution in [0.1, 0.15) is 22.8 Å². The van der Waals surface area contributed by atoms with E-state index in [1.165, 1.54) is 13.2 Å². The van der Waals surface area contributed by atoms with Gasteiger partial charge in [-0.05, 0) is 18.1 Å². The second-order valence-electron chi connectivity index (χ2n) is 2.91. The standard InChI is InChI=1S/C10H13NO3/c1-3-6-4-7(10(13)14-2)9(12)5-8(6)11/h4-5,12H,3,11H2,1-2H3. The number of esters is 1. The fraction of sp³-hybridized carbons (Fsp3) is 0.300. The fourth-order valence-corrected chi connectivity index (χ4v) is 1.23. The maximum Gasteiger partial charge on any atom is 0.341 e. The molecule has 0 heterocycles. The van der Waals surface area contributed by atoms with Crippen LogP contribution in [-0.4, -0.2) is 18.2 Å². The second kappa shape index (κ2) is 4.00. The van der Waals surface area contributed by atoms with Gasteiger partial charge in [0.2, 0.25) is 0 Å². The van der Waals surface area contributed by atoms with Gasteiger partial charge in [0.15, 0.2) is 0 Å². The lowest BCUT2D eigenvalue weighted by Gasteiger charge is -2.07. The van der Waals surface area contributed by atoms with E-state index in [0.717, 1.165) is 5.56 Å². The Kier molecular flexibility index (Phi) is 2.96. The summed E-state index contributed by atoms with van der Waals surface area (Å²) in [5, 5.41) is 9.43. The summed E-state index contributed by atoms with van der Waals surface area (Å²) < 4.78 is 4.52. The van der Waals surface area contributed by atoms with Crippen molar-refractivity contribution < 1.29 is 14.6 Å². The third-order valence-electron chi connectivity index (χ3n) is 2.04. The van der Waals surface area contributed by atoms with E-state index in [1.807, 2.05) is 6.92 Å². The summed E-state index contributed by atoms with van der Waals surface area (Å²) >= 11 is 0. The number of benzene rings is 1. The van der Waals surface area contributed by atoms with E-state index in [9.17, 15) is 9.90 Å². The van der Waals surface area contributed by atoms with Crippen LogP contribution in [0.15, 0.2) is 12.1 Å². The van der Waals surface area contributed by atoms with Crippen LogP contribution in [0.4, 0.5) is 5.69 Å². The van der Waals surface area contributed by atoms with Crippen LogP contribution in [0.2, 0.25) is 0 Å². The van der Waals surface area contributed by atoms with Crippen LogP contribution in [-0.2, 0) is 11.2 Å². The summed E-state index contributed by atoms with van der Waals surface area (Å²) in [5.74, 6) is -0.705. The van der Waals surface area contributed by atoms with Crippen molar-refractivity contribution in [3.8, 4) is 5.75 Å². The largest absolute Gasteiger partial charge is 0.507 e. The number of phenols is 1. The minimum Gasteiger partial charge on any atom is -0.507 e. The number of carbonyl (C=O) groups is 1. The Morgan fingerprint density at radius 1 is 1.57 bits per heavy atom. The van der Waals surface area contributed by atoms with Gasteiger partial charge in [0.05, 0.1) is 7.11 Å². The van der Waals surface area contributed by atoms with E-state index in [-0.39, 0.29) is 11.3 Å². The highest BCUT2D eigenvalue weighted by Crippen LogP contribution is 2.25. The number of nitrogens with two attached hydrogens (primary N) is 1. The molecule has 4 heteroatoms. The van der Waals surface area contributed by atoms with Crippen LogP contribution >= 0.6 is 0 Å². The molecule has 1 rings (SSSR count). The van der Waals surface area contributed by atoms with Crippen molar-refractivity contribution in [1.82, 2.24) is 0 Å². The second-order valence-corrected chi connectivity index (χ2v) is 2.91. The molecule has 0 aliphatic carbocycles. The quantitative estimate of drug-likeness (QED) is 0.551. The molecule has 76 valence electrons. The Morgan fingerprint density at radius 3 is 2.71 bits per heavy atom. The topological polar surface area (TPSA) is 72.5 Å². The third-order valence-corrected chi connectivity index (χ3v) is 2.04. The molecule has 14 heavy (non-hydrogen) atoms. The van der Waals surface area contributed by atoms with Gasteiger partial charge in [0.1, 0.15) is 11.3 Å². The van der Waals surface area contributed by atoms with E-state index in [2.05, 4.69) is 4.74 Å². The summed E-state index contributed by atoms with van der Waals surface area (Å²) in [7, 11) is 1.27. The van der Waals surface area contributed by atoms with E-state index < -0.39 is 5.97 Å². The van der Waals surface area contributed by atoms with Crippen LogP contribution in [0.3, 0.4) is 0 Å². The Morgan fingerprint density at radius 2 is 2.21 bits per heavy atom. The first-order chi connectivity index (χ1) is 6.60. The normalized spacial score (nSPS) is 9.86. The molecule has 0 unspecified atom stereocenters. The minimum absolute atomic E-state index is 0.147. The molecule has 1 aromatic carbocycles. The van der Waals surface area contributed by atoms with Crippen LogP contribution in [0.5, 0.6) is 5.75 Å². The van der Waals surface area contributed by atoms with Crippen molar-refractivity contribution in [1.29, 1.82) is 0 Å². The average Bonchev–Trinajstić information content (AvgIpc) is 2.17. The monoisotopic (exact) mass is 195 g/mol. The zero-order valence-electron chi connectivity index (χ0n) is 8.20. The predicted molar refractivity (Wildman–Crippen MR) is 53.2 cm³/mol. The molecule has 0 saturated carbocycles. The smallest absolute Gasteiger partial charge is 0.341 e. The lowest BCUT2D eigenvalue weighted by Crippen LogP contribution is -2.04. The lowest BCUT2D eigenvalue weighted by atomic mass is 10.1. The summed E-state index contributed by atoms with van der Waals surface area (Å²) in [5.41, 5.74) is 7.09. The first-order valence-corrected chi connectivity index (χ1v) is 4.29. The van der Waals surface area contributed by atoms with Crippen molar-refractivity contribution in [2.24, 2.45) is 0 Å². The number of aryl methyl sites for hydroxylation is 1. The molecule has 3 N–H and O–H groups in total. The van der Waals surface area contributed by atoms with Gasteiger partial charge in [-0.1, -0.05) is 6.92 Å². The van der Waals surface area contributed by atoms with Crippen molar-refractivity contribution in [2.45, 2.75) is 13.3 Å². The Balaban J connectivity index is 3.24. The number of nitrogen functional groups attached to an aromatic ring is 1. The zero-order chi connectivity index (χ0) is 10.7. The summed E-state index contributed by atoms with van der Waals surface area (Å²) in [6, 6.07) is 2.92. The third kappa shape index (κ3) is 1.79. The number of hydrogen-bond donors (Lipinski definition) is 2. The molecule has 1 aromatic rings. The first kappa shape index (κ1) is 10.4. The Bertz CT molecular complexity index is 361. The first-order valence-electron chi connectivity index (χ1n) is 4.29. The number of hydrogen-bond acceptors (Lipinski definition) is 4. The van der Waals surface area contributed by atoms with Crippen molar-refractivity contribution >= 4 is 11.7 Å². The van der Waals surface area contributed by atoms with E-state index in [4.69, 9.17) is 5.73 Å². The minimum atomic E-state index is -0.558. The van der Waals surface area contributed by atoms with E-state index in [1.54, 1.807) is 6.07 Å². The highest BCUT2D eigenvalue weighted by molar-refractivity contribution is 5.93. The van der Waals surface area contributed by atoms with Crippen LogP contribution in [0.25, 0.3) is 0 Å². The molecular weight excluding hydrogens is 182 g/mol. The molecule has 0 aromatic heterocycles. The Labute approximate surface area is 82.3 Å². The van der Waals surface area contributed by atoms with Crippen molar-refractivity contribution in [3.05, 3.63) is 23.3 Å². The number of carbonyl (C=O) groups excluding carboxylic acids is 1. The zero-order valence-corrected chi connectivity index (χ0v) is 8.20. The van der Waals surface area contributed by atoms with Gasteiger partial charge in [-0.15, -0.1) is 0 Å². The molecule has 0 aliphatic rings. The van der Waals surface area contributed by atoms with Crippen molar-refractivity contribution in [2.75, 3.05) is 12.8 Å². The predicted octanol–water partition coefficient (Wildman–Crippen LogP) is 1.32. The molecule has 4 nitrogen and oxygen atoms in total. The maximum atomic E-state index is 11.2. The molecule has 0 bridgehead atoms. The van der Waals surface area contributed by atoms with Gasteiger partial charge >= 0.3 is 5.97 Å². The molecule has 0 fully saturated rings. The maximum absolute atomic E-state index is 11.2. The molecule has 0 spiro atoms. The lowest BCUT2D eigenvalue weighted by molar-refractivity contribution is 0.0597. The SMILES string of the molecule is CCc1cc(C(=O)OC)c(O)cc1N. The van der Waals surface area contributed by atoms with Gasteiger partial charge in [-0.3, -0.25) is 0 Å². The van der Waals surface area contributed by atoms with Gasteiger partial charge in [0, 0.05) is 11.8 Å². The molecular formula is C10H13NO3. The number of methoxy groups -OCH3 is 1.